The van der Waals surface area contributed by atoms with Crippen LogP contribution in [-0.4, -0.2) is 41.7 Å². The van der Waals surface area contributed by atoms with Crippen LogP contribution in [0, 0.1) is 5.92 Å². The SMILES string of the molecule is CCO[Si](CCCC[C@H]1CC[C@H](c2cccc(/C=C/C(=O)OC)c2)CC1)(OCC)OCC. The van der Waals surface area contributed by atoms with Crippen LogP contribution in [0.2, 0.25) is 6.04 Å². The lowest BCUT2D eigenvalue weighted by Gasteiger charge is -2.30. The molecule has 0 saturated heterocycles. The molecule has 0 aliphatic heterocycles. The molecular weight excluding hydrogens is 420 g/mol. The van der Waals surface area contributed by atoms with Crippen LogP contribution in [0.4, 0.5) is 0 Å². The summed E-state index contributed by atoms with van der Waals surface area (Å²) in [6, 6.07) is 9.47. The molecule has 0 amide bonds. The van der Waals surface area contributed by atoms with E-state index in [1.165, 1.54) is 57.3 Å². The summed E-state index contributed by atoms with van der Waals surface area (Å²) in [4.78, 5) is 11.3. The van der Waals surface area contributed by atoms with Crippen molar-refractivity contribution in [1.82, 2.24) is 0 Å². The minimum Gasteiger partial charge on any atom is -0.466 e. The highest BCUT2D eigenvalue weighted by atomic mass is 28.4. The quantitative estimate of drug-likeness (QED) is 0.139. The Balaban J connectivity index is 1.77. The van der Waals surface area contributed by atoms with Gasteiger partial charge in [-0.2, -0.15) is 0 Å². The van der Waals surface area contributed by atoms with E-state index in [1.807, 2.05) is 32.9 Å². The molecule has 0 spiro atoms. The number of methoxy groups -OCH3 is 1. The van der Waals surface area contributed by atoms with Crippen molar-refractivity contribution in [3.05, 3.63) is 41.5 Å². The Morgan fingerprint density at radius 2 is 1.66 bits per heavy atom. The standard InChI is InChI=1S/C26H42O5Si/c1-5-29-32(30-6-2,31-7-3)20-9-8-11-22-14-17-24(18-15-22)25-13-10-12-23(21-25)16-19-26(27)28-4/h10,12-13,16,19,21-22,24H,5-9,11,14-15,17-18,20H2,1-4H3/b19-16+/t22-,24-. The van der Waals surface area contributed by atoms with Crippen LogP contribution in [0.25, 0.3) is 6.08 Å². The maximum Gasteiger partial charge on any atom is 0.500 e. The Hall–Kier alpha value is -1.47. The van der Waals surface area contributed by atoms with Crippen molar-refractivity contribution in [3.63, 3.8) is 0 Å². The number of hydrogen-bond donors (Lipinski definition) is 0. The molecular formula is C26H42O5Si. The monoisotopic (exact) mass is 462 g/mol. The van der Waals surface area contributed by atoms with Crippen molar-refractivity contribution >= 4 is 20.8 Å². The Bertz CT molecular complexity index is 680. The van der Waals surface area contributed by atoms with E-state index in [0.29, 0.717) is 25.7 Å². The summed E-state index contributed by atoms with van der Waals surface area (Å²) in [6.07, 6.45) is 12.0. The van der Waals surface area contributed by atoms with Gasteiger partial charge in [-0.3, -0.25) is 0 Å². The number of rotatable bonds is 14. The maximum atomic E-state index is 11.3. The van der Waals surface area contributed by atoms with E-state index in [4.69, 9.17) is 13.3 Å². The number of carbonyl (C=O) groups is 1. The van der Waals surface area contributed by atoms with E-state index in [9.17, 15) is 4.79 Å². The molecule has 1 aliphatic carbocycles. The lowest BCUT2D eigenvalue weighted by atomic mass is 9.77. The average molecular weight is 463 g/mol. The number of ether oxygens (including phenoxy) is 1. The Morgan fingerprint density at radius 3 is 2.25 bits per heavy atom. The van der Waals surface area contributed by atoms with E-state index >= 15 is 0 Å². The van der Waals surface area contributed by atoms with Gasteiger partial charge in [0, 0.05) is 31.9 Å². The first-order valence-corrected chi connectivity index (χ1v) is 14.3. The Kier molecular flexibility index (Phi) is 12.2. The normalized spacial score (nSPS) is 19.4. The van der Waals surface area contributed by atoms with Crippen molar-refractivity contribution in [2.24, 2.45) is 5.92 Å². The van der Waals surface area contributed by atoms with Gasteiger partial charge in [0.15, 0.2) is 0 Å². The van der Waals surface area contributed by atoms with E-state index in [-0.39, 0.29) is 5.97 Å². The molecule has 0 unspecified atom stereocenters. The van der Waals surface area contributed by atoms with Crippen LogP contribution in [-0.2, 0) is 22.8 Å². The summed E-state index contributed by atoms with van der Waals surface area (Å²) < 4.78 is 22.6. The number of esters is 1. The van der Waals surface area contributed by atoms with Gasteiger partial charge in [-0.25, -0.2) is 4.79 Å². The van der Waals surface area contributed by atoms with Gasteiger partial charge < -0.3 is 18.0 Å². The highest BCUT2D eigenvalue weighted by molar-refractivity contribution is 6.60. The van der Waals surface area contributed by atoms with Gasteiger partial charge in [0.05, 0.1) is 7.11 Å². The first kappa shape index (κ1) is 26.8. The molecule has 0 atom stereocenters. The van der Waals surface area contributed by atoms with Gasteiger partial charge >= 0.3 is 14.8 Å². The molecule has 180 valence electrons. The predicted molar refractivity (Wildman–Crippen MR) is 131 cm³/mol. The van der Waals surface area contributed by atoms with Gasteiger partial charge in [-0.1, -0.05) is 37.1 Å². The van der Waals surface area contributed by atoms with Crippen molar-refractivity contribution in [2.75, 3.05) is 26.9 Å². The maximum absolute atomic E-state index is 11.3. The van der Waals surface area contributed by atoms with Crippen LogP contribution in [0.1, 0.15) is 82.8 Å². The zero-order valence-corrected chi connectivity index (χ0v) is 21.4. The van der Waals surface area contributed by atoms with Gasteiger partial charge in [0.1, 0.15) is 0 Å². The third kappa shape index (κ3) is 8.81. The fourth-order valence-electron chi connectivity index (χ4n) is 4.71. The molecule has 1 aromatic rings. The molecule has 0 radical (unpaired) electrons. The zero-order chi connectivity index (χ0) is 23.2. The molecule has 1 aromatic carbocycles. The first-order chi connectivity index (χ1) is 15.6. The zero-order valence-electron chi connectivity index (χ0n) is 20.4. The summed E-state index contributed by atoms with van der Waals surface area (Å²) in [5.74, 6) is 1.11. The molecule has 1 saturated carbocycles. The first-order valence-electron chi connectivity index (χ1n) is 12.3. The van der Waals surface area contributed by atoms with Gasteiger partial charge in [-0.05, 0) is 81.9 Å². The second-order valence-electron chi connectivity index (χ2n) is 8.47. The number of hydrogen-bond acceptors (Lipinski definition) is 5. The smallest absolute Gasteiger partial charge is 0.466 e. The summed E-state index contributed by atoms with van der Waals surface area (Å²) in [5.41, 5.74) is 2.44. The molecule has 32 heavy (non-hydrogen) atoms. The number of unbranched alkanes of at least 4 members (excludes halogenated alkanes) is 1. The van der Waals surface area contributed by atoms with Gasteiger partial charge in [-0.15, -0.1) is 0 Å². The number of benzene rings is 1. The molecule has 0 bridgehead atoms. The third-order valence-electron chi connectivity index (χ3n) is 6.28. The Labute approximate surface area is 195 Å². The van der Waals surface area contributed by atoms with E-state index < -0.39 is 8.80 Å². The van der Waals surface area contributed by atoms with Crippen molar-refractivity contribution in [1.29, 1.82) is 0 Å². The van der Waals surface area contributed by atoms with Gasteiger partial charge in [0.25, 0.3) is 0 Å². The van der Waals surface area contributed by atoms with E-state index in [0.717, 1.165) is 23.9 Å². The Morgan fingerprint density at radius 1 is 1.00 bits per heavy atom. The summed E-state index contributed by atoms with van der Waals surface area (Å²) in [6.45, 7) is 8.00. The highest BCUT2D eigenvalue weighted by Crippen LogP contribution is 2.38. The fourth-order valence-corrected chi connectivity index (χ4v) is 7.39. The van der Waals surface area contributed by atoms with E-state index in [2.05, 4.69) is 22.9 Å². The lowest BCUT2D eigenvalue weighted by molar-refractivity contribution is -0.134. The molecule has 1 aliphatic rings. The van der Waals surface area contributed by atoms with Crippen molar-refractivity contribution in [3.8, 4) is 0 Å². The fraction of sp³-hybridized carbons (Fsp3) is 0.654. The molecule has 1 fully saturated rings. The van der Waals surface area contributed by atoms with Crippen molar-refractivity contribution < 1.29 is 22.8 Å². The number of carbonyl (C=O) groups excluding carboxylic acids is 1. The van der Waals surface area contributed by atoms with Crippen LogP contribution < -0.4 is 0 Å². The second-order valence-corrected chi connectivity index (χ2v) is 11.2. The topological polar surface area (TPSA) is 54.0 Å². The third-order valence-corrected chi connectivity index (χ3v) is 9.43. The largest absolute Gasteiger partial charge is 0.500 e. The molecule has 2 rings (SSSR count). The molecule has 5 nitrogen and oxygen atoms in total. The van der Waals surface area contributed by atoms with Gasteiger partial charge in [0.2, 0.25) is 0 Å². The summed E-state index contributed by atoms with van der Waals surface area (Å²) in [5, 5.41) is 0. The second kappa shape index (κ2) is 14.6. The average Bonchev–Trinajstić information content (AvgIpc) is 2.81. The summed E-state index contributed by atoms with van der Waals surface area (Å²) >= 11 is 0. The minimum atomic E-state index is -2.49. The van der Waals surface area contributed by atoms with Crippen LogP contribution in [0.15, 0.2) is 30.3 Å². The van der Waals surface area contributed by atoms with Crippen LogP contribution >= 0.6 is 0 Å². The lowest BCUT2D eigenvalue weighted by Crippen LogP contribution is -2.45. The predicted octanol–water partition coefficient (Wildman–Crippen LogP) is 6.37. The molecule has 6 heteroatoms. The molecule has 0 heterocycles. The highest BCUT2D eigenvalue weighted by Gasteiger charge is 2.39. The van der Waals surface area contributed by atoms with Crippen LogP contribution in [0.5, 0.6) is 0 Å². The minimum absolute atomic E-state index is 0.320. The van der Waals surface area contributed by atoms with E-state index in [1.54, 1.807) is 0 Å². The molecule has 0 aromatic heterocycles. The van der Waals surface area contributed by atoms with Crippen LogP contribution in [0.3, 0.4) is 0 Å². The summed E-state index contributed by atoms with van der Waals surface area (Å²) in [7, 11) is -1.09. The molecule has 0 N–H and O–H groups in total. The van der Waals surface area contributed by atoms with Crippen molar-refractivity contribution in [2.45, 2.75) is 77.7 Å².